The molecule has 1 rings (SSSR count). The first kappa shape index (κ1) is 12.2. The molecule has 1 aromatic heterocycles. The molecule has 86 valence electrons. The number of nitrogens with two attached hydrogens (primary N) is 1. The molecular formula is C9H17N3O2S. The second kappa shape index (κ2) is 4.76. The average Bonchev–Trinajstić information content (AvgIpc) is 2.44. The van der Waals surface area contributed by atoms with E-state index in [-0.39, 0.29) is 11.8 Å². The van der Waals surface area contributed by atoms with Gasteiger partial charge in [0.15, 0.2) is 0 Å². The lowest BCUT2D eigenvalue weighted by Gasteiger charge is -2.09. The smallest absolute Gasteiger partial charge is 0.148 e. The molecule has 1 unspecified atom stereocenters. The van der Waals surface area contributed by atoms with Gasteiger partial charge in [0.05, 0.1) is 5.75 Å². The van der Waals surface area contributed by atoms with Crippen molar-refractivity contribution in [3.05, 3.63) is 18.2 Å². The lowest BCUT2D eigenvalue weighted by molar-refractivity contribution is 0.579. The van der Waals surface area contributed by atoms with Crippen molar-refractivity contribution in [2.24, 2.45) is 12.8 Å². The monoisotopic (exact) mass is 231 g/mol. The maximum atomic E-state index is 11.0. The number of nitrogens with zero attached hydrogens (tertiary/aromatic N) is 2. The van der Waals surface area contributed by atoms with Gasteiger partial charge in [0.1, 0.15) is 15.7 Å². The van der Waals surface area contributed by atoms with E-state index in [9.17, 15) is 8.42 Å². The zero-order valence-corrected chi connectivity index (χ0v) is 9.87. The third-order valence-corrected chi connectivity index (χ3v) is 3.21. The van der Waals surface area contributed by atoms with E-state index in [0.29, 0.717) is 12.8 Å². The summed E-state index contributed by atoms with van der Waals surface area (Å²) in [5, 5.41) is 0. The van der Waals surface area contributed by atoms with E-state index in [0.717, 1.165) is 5.82 Å². The van der Waals surface area contributed by atoms with Crippen molar-refractivity contribution in [2.45, 2.75) is 18.9 Å². The lowest BCUT2D eigenvalue weighted by atomic mass is 10.2. The summed E-state index contributed by atoms with van der Waals surface area (Å²) in [6.07, 6.45) is 6.13. The summed E-state index contributed by atoms with van der Waals surface area (Å²) in [6, 6.07) is -0.309. The normalized spacial score (nSPS) is 14.1. The fraction of sp³-hybridized carbons (Fsp3) is 0.667. The summed E-state index contributed by atoms with van der Waals surface area (Å²) >= 11 is 0. The lowest BCUT2D eigenvalue weighted by Crippen LogP contribution is -2.29. The quantitative estimate of drug-likeness (QED) is 0.756. The van der Waals surface area contributed by atoms with E-state index < -0.39 is 9.84 Å². The van der Waals surface area contributed by atoms with E-state index in [1.54, 1.807) is 6.20 Å². The zero-order valence-electron chi connectivity index (χ0n) is 9.05. The van der Waals surface area contributed by atoms with Crippen LogP contribution in [0.15, 0.2) is 12.4 Å². The minimum Gasteiger partial charge on any atom is -0.338 e. The average molecular weight is 231 g/mol. The highest BCUT2D eigenvalue weighted by Gasteiger charge is 2.11. The molecule has 0 amide bonds. The highest BCUT2D eigenvalue weighted by molar-refractivity contribution is 7.90. The summed E-state index contributed by atoms with van der Waals surface area (Å²) in [4.78, 5) is 4.14. The maximum Gasteiger partial charge on any atom is 0.148 e. The van der Waals surface area contributed by atoms with Gasteiger partial charge in [-0.2, -0.15) is 0 Å². The molecule has 5 nitrogen and oxygen atoms in total. The van der Waals surface area contributed by atoms with Crippen LogP contribution < -0.4 is 5.73 Å². The molecular weight excluding hydrogens is 214 g/mol. The molecule has 0 aliphatic heterocycles. The fourth-order valence-corrected chi connectivity index (χ4v) is 2.37. The molecule has 0 saturated heterocycles. The number of imidazole rings is 1. The van der Waals surface area contributed by atoms with E-state index >= 15 is 0 Å². The summed E-state index contributed by atoms with van der Waals surface area (Å²) in [5.74, 6) is 0.969. The summed E-state index contributed by atoms with van der Waals surface area (Å²) in [6.45, 7) is 0. The Morgan fingerprint density at radius 2 is 2.27 bits per heavy atom. The Kier molecular flexibility index (Phi) is 3.87. The Morgan fingerprint density at radius 3 is 2.73 bits per heavy atom. The second-order valence-electron chi connectivity index (χ2n) is 3.85. The Labute approximate surface area is 90.2 Å². The highest BCUT2D eigenvalue weighted by atomic mass is 32.2. The topological polar surface area (TPSA) is 78.0 Å². The molecule has 0 aliphatic carbocycles. The molecule has 0 radical (unpaired) electrons. The van der Waals surface area contributed by atoms with Crippen molar-refractivity contribution in [3.8, 4) is 0 Å². The molecule has 1 aromatic rings. The van der Waals surface area contributed by atoms with Gasteiger partial charge in [0.2, 0.25) is 0 Å². The van der Waals surface area contributed by atoms with Crippen LogP contribution in [0.25, 0.3) is 0 Å². The molecule has 2 N–H and O–H groups in total. The van der Waals surface area contributed by atoms with Crippen LogP contribution >= 0.6 is 0 Å². The molecule has 1 atom stereocenters. The van der Waals surface area contributed by atoms with E-state index in [1.807, 2.05) is 17.8 Å². The van der Waals surface area contributed by atoms with Gasteiger partial charge in [-0.05, 0) is 6.42 Å². The largest absolute Gasteiger partial charge is 0.338 e. The van der Waals surface area contributed by atoms with Crippen molar-refractivity contribution in [3.63, 3.8) is 0 Å². The van der Waals surface area contributed by atoms with Gasteiger partial charge in [-0.25, -0.2) is 13.4 Å². The number of sulfone groups is 1. The Bertz CT molecular complexity index is 411. The van der Waals surface area contributed by atoms with Crippen LogP contribution in [0.1, 0.15) is 12.2 Å². The van der Waals surface area contributed by atoms with Crippen LogP contribution in [0, 0.1) is 0 Å². The van der Waals surface area contributed by atoms with Crippen LogP contribution in [0.4, 0.5) is 0 Å². The first-order chi connectivity index (χ1) is 6.88. The number of aromatic nitrogens is 2. The summed E-state index contributed by atoms with van der Waals surface area (Å²) < 4.78 is 23.8. The number of hydrogen-bond donors (Lipinski definition) is 1. The fourth-order valence-electron chi connectivity index (χ4n) is 1.42. The predicted octanol–water partition coefficient (Wildman–Crippen LogP) is -0.275. The molecule has 1 heterocycles. The van der Waals surface area contributed by atoms with Gasteiger partial charge < -0.3 is 10.3 Å². The van der Waals surface area contributed by atoms with Crippen LogP contribution in [-0.2, 0) is 23.3 Å². The predicted molar refractivity (Wildman–Crippen MR) is 59.2 cm³/mol. The molecule has 0 saturated carbocycles. The van der Waals surface area contributed by atoms with Crippen molar-refractivity contribution in [1.82, 2.24) is 9.55 Å². The maximum absolute atomic E-state index is 11.0. The van der Waals surface area contributed by atoms with Gasteiger partial charge in [-0.1, -0.05) is 0 Å². The SMILES string of the molecule is Cn1ccnc1CCC(N)CS(C)(=O)=O. The molecule has 0 spiro atoms. The number of rotatable bonds is 5. The standard InChI is InChI=1S/C9H17N3O2S/c1-12-6-5-11-9(12)4-3-8(10)7-15(2,13)14/h5-6,8H,3-4,7,10H2,1-2H3. The Morgan fingerprint density at radius 1 is 1.60 bits per heavy atom. The van der Waals surface area contributed by atoms with Crippen LogP contribution in [0.2, 0.25) is 0 Å². The first-order valence-electron chi connectivity index (χ1n) is 4.78. The molecule has 0 aromatic carbocycles. The number of aryl methyl sites for hydroxylation is 2. The minimum absolute atomic E-state index is 0.0391. The van der Waals surface area contributed by atoms with Crippen LogP contribution in [0.5, 0.6) is 0 Å². The van der Waals surface area contributed by atoms with Crippen LogP contribution in [0.3, 0.4) is 0 Å². The molecule has 6 heteroatoms. The van der Waals surface area contributed by atoms with Crippen LogP contribution in [-0.4, -0.2) is 36.0 Å². The second-order valence-corrected chi connectivity index (χ2v) is 6.03. The molecule has 0 fully saturated rings. The van der Waals surface area contributed by atoms with E-state index in [2.05, 4.69) is 4.98 Å². The van der Waals surface area contributed by atoms with Gasteiger partial charge in [0, 0.05) is 38.2 Å². The third-order valence-electron chi connectivity index (χ3n) is 2.18. The van der Waals surface area contributed by atoms with Crippen molar-refractivity contribution in [1.29, 1.82) is 0 Å². The molecule has 0 aliphatic rings. The molecule has 0 bridgehead atoms. The number of hydrogen-bond acceptors (Lipinski definition) is 4. The van der Waals surface area contributed by atoms with Gasteiger partial charge in [-0.3, -0.25) is 0 Å². The van der Waals surface area contributed by atoms with Crippen molar-refractivity contribution in [2.75, 3.05) is 12.0 Å². The molecule has 15 heavy (non-hydrogen) atoms. The first-order valence-corrected chi connectivity index (χ1v) is 6.84. The van der Waals surface area contributed by atoms with Gasteiger partial charge in [0.25, 0.3) is 0 Å². The van der Waals surface area contributed by atoms with Crippen molar-refractivity contribution < 1.29 is 8.42 Å². The zero-order chi connectivity index (χ0) is 11.5. The third kappa shape index (κ3) is 4.44. The van der Waals surface area contributed by atoms with E-state index in [1.165, 1.54) is 6.26 Å². The van der Waals surface area contributed by atoms with E-state index in [4.69, 9.17) is 5.73 Å². The van der Waals surface area contributed by atoms with Gasteiger partial charge in [-0.15, -0.1) is 0 Å². The highest BCUT2D eigenvalue weighted by Crippen LogP contribution is 2.02. The Hall–Kier alpha value is -0.880. The Balaban J connectivity index is 2.41. The summed E-state index contributed by atoms with van der Waals surface area (Å²) in [7, 11) is -1.07. The van der Waals surface area contributed by atoms with Crippen molar-refractivity contribution >= 4 is 9.84 Å². The minimum atomic E-state index is -2.98. The van der Waals surface area contributed by atoms with Gasteiger partial charge >= 0.3 is 0 Å². The summed E-state index contributed by atoms with van der Waals surface area (Å²) in [5.41, 5.74) is 5.71.